The molecule has 1 aliphatic heterocycles. The zero-order valence-corrected chi connectivity index (χ0v) is 17.8. The van der Waals surface area contributed by atoms with Crippen LogP contribution in [0.4, 0.5) is 0 Å². The molecule has 3 N–H and O–H groups in total. The van der Waals surface area contributed by atoms with E-state index in [9.17, 15) is 16.8 Å². The van der Waals surface area contributed by atoms with Gasteiger partial charge in [0.2, 0.25) is 10.0 Å². The summed E-state index contributed by atoms with van der Waals surface area (Å²) in [5, 5.41) is 8.38. The largest absolute Gasteiger partial charge is 0.385 e. The third-order valence-corrected chi connectivity index (χ3v) is 8.73. The van der Waals surface area contributed by atoms with Crippen LogP contribution in [0.2, 0.25) is 0 Å². The summed E-state index contributed by atoms with van der Waals surface area (Å²) < 4.78 is 60.1. The predicted molar refractivity (Wildman–Crippen MR) is 101 cm³/mol. The van der Waals surface area contributed by atoms with Crippen LogP contribution in [0.15, 0.2) is 14.5 Å². The van der Waals surface area contributed by atoms with Crippen molar-refractivity contribution in [3.8, 4) is 0 Å². The molecule has 0 unspecified atom stereocenters. The van der Waals surface area contributed by atoms with Crippen molar-refractivity contribution in [1.82, 2.24) is 9.62 Å². The summed E-state index contributed by atoms with van der Waals surface area (Å²) in [6.07, 6.45) is 0.545. The molecule has 152 valence electrons. The van der Waals surface area contributed by atoms with E-state index in [1.54, 1.807) is 14.2 Å². The Kier molecular flexibility index (Phi) is 8.90. The molecule has 1 aromatic rings. The zero-order chi connectivity index (χ0) is 18.7. The number of nitrogens with two attached hydrogens (primary N) is 1. The zero-order valence-electron chi connectivity index (χ0n) is 14.5. The number of nitrogens with zero attached hydrogens (tertiary/aromatic N) is 1. The summed E-state index contributed by atoms with van der Waals surface area (Å²) in [5.41, 5.74) is 0.438. The highest BCUT2D eigenvalue weighted by Crippen LogP contribution is 2.39. The molecule has 2 heterocycles. The molecule has 1 aliphatic rings. The minimum absolute atomic E-state index is 0. The number of sulfonamides is 2. The molecule has 0 spiro atoms. The topological polar surface area (TPSA) is 128 Å². The van der Waals surface area contributed by atoms with Crippen LogP contribution in [-0.2, 0) is 29.5 Å². The number of thiophene rings is 1. The van der Waals surface area contributed by atoms with Crippen LogP contribution in [0.1, 0.15) is 18.0 Å². The maximum Gasteiger partial charge on any atom is 0.252 e. The van der Waals surface area contributed by atoms with Crippen molar-refractivity contribution in [1.29, 1.82) is 0 Å². The van der Waals surface area contributed by atoms with Gasteiger partial charge < -0.3 is 14.8 Å². The fourth-order valence-electron chi connectivity index (χ4n) is 2.57. The summed E-state index contributed by atoms with van der Waals surface area (Å²) in [6.45, 7) is 1.90. The Labute approximate surface area is 164 Å². The molecule has 9 nitrogen and oxygen atoms in total. The molecule has 0 amide bonds. The summed E-state index contributed by atoms with van der Waals surface area (Å²) in [6, 6.07) is 1.02. The van der Waals surface area contributed by atoms with E-state index in [-0.39, 0.29) is 33.4 Å². The lowest BCUT2D eigenvalue weighted by Gasteiger charge is -2.32. The minimum atomic E-state index is -3.97. The smallest absolute Gasteiger partial charge is 0.252 e. The second-order valence-corrected chi connectivity index (χ2v) is 10.5. The van der Waals surface area contributed by atoms with E-state index < -0.39 is 20.0 Å². The van der Waals surface area contributed by atoms with Crippen molar-refractivity contribution < 1.29 is 26.3 Å². The lowest BCUT2D eigenvalue weighted by Crippen LogP contribution is -2.44. The molecule has 26 heavy (non-hydrogen) atoms. The Balaban J connectivity index is 0.00000338. The van der Waals surface area contributed by atoms with Crippen molar-refractivity contribution in [3.05, 3.63) is 11.6 Å². The molecule has 0 radical (unpaired) electrons. The average molecular weight is 450 g/mol. The predicted octanol–water partition coefficient (Wildman–Crippen LogP) is 0.135. The maximum atomic E-state index is 12.8. The van der Waals surface area contributed by atoms with E-state index in [4.69, 9.17) is 14.6 Å². The van der Waals surface area contributed by atoms with Crippen molar-refractivity contribution in [2.24, 2.45) is 5.14 Å². The van der Waals surface area contributed by atoms with Crippen LogP contribution in [0, 0.1) is 0 Å². The molecule has 0 aromatic carbocycles. The summed E-state index contributed by atoms with van der Waals surface area (Å²) in [5.74, 6) is 0. The first-order valence-electron chi connectivity index (χ1n) is 7.59. The van der Waals surface area contributed by atoms with Crippen LogP contribution < -0.4 is 10.5 Å². The van der Waals surface area contributed by atoms with E-state index in [0.29, 0.717) is 49.6 Å². The number of nitrogens with one attached hydrogen (secondary N) is 1. The van der Waals surface area contributed by atoms with Crippen molar-refractivity contribution >= 4 is 43.8 Å². The highest BCUT2D eigenvalue weighted by Gasteiger charge is 2.39. The number of hydrogen-bond donors (Lipinski definition) is 2. The number of methoxy groups -OCH3 is 2. The van der Waals surface area contributed by atoms with E-state index in [0.717, 1.165) is 0 Å². The van der Waals surface area contributed by atoms with Gasteiger partial charge in [0, 0.05) is 52.1 Å². The number of hydrogen-bond acceptors (Lipinski definition) is 8. The number of halogens is 1. The van der Waals surface area contributed by atoms with Crippen LogP contribution in [0.25, 0.3) is 0 Å². The van der Waals surface area contributed by atoms with Crippen molar-refractivity contribution in [3.63, 3.8) is 0 Å². The first kappa shape index (κ1) is 23.7. The highest BCUT2D eigenvalue weighted by atomic mass is 35.5. The Morgan fingerprint density at radius 2 is 2.00 bits per heavy atom. The van der Waals surface area contributed by atoms with Crippen LogP contribution >= 0.6 is 23.7 Å². The monoisotopic (exact) mass is 449 g/mol. The molecule has 13 heteroatoms. The second kappa shape index (κ2) is 9.75. The molecule has 1 aromatic heterocycles. The Morgan fingerprint density at radius 3 is 2.58 bits per heavy atom. The lowest BCUT2D eigenvalue weighted by atomic mass is 10.1. The van der Waals surface area contributed by atoms with E-state index >= 15 is 0 Å². The third-order valence-electron chi connectivity index (χ3n) is 3.77. The molecular formula is C13H24ClN3O6S3. The fourth-order valence-corrected chi connectivity index (χ4v) is 6.88. The number of fused-ring (bicyclic) bond motifs is 1. The number of rotatable bonds is 9. The highest BCUT2D eigenvalue weighted by molar-refractivity contribution is 7.94. The molecule has 2 rings (SSSR count). The quantitative estimate of drug-likeness (QED) is 0.513. The average Bonchev–Trinajstić information content (AvgIpc) is 2.98. The molecule has 0 bridgehead atoms. The first-order valence-corrected chi connectivity index (χ1v) is 11.4. The first-order chi connectivity index (χ1) is 11.7. The molecule has 1 atom stereocenters. The van der Waals surface area contributed by atoms with Gasteiger partial charge in [-0.2, -0.15) is 4.31 Å². The maximum absolute atomic E-state index is 12.8. The number of primary sulfonamides is 1. The van der Waals surface area contributed by atoms with Crippen molar-refractivity contribution in [2.75, 3.05) is 47.1 Å². The van der Waals surface area contributed by atoms with Crippen LogP contribution in [0.5, 0.6) is 0 Å². The SMILES string of the molecule is COCCCN1C[C@H](NCCOC)c2cc(S(N)(=O)=O)sc2S1(=O)=O.Cl. The Hall–Kier alpha value is -0.310. The lowest BCUT2D eigenvalue weighted by molar-refractivity contribution is 0.181. The fraction of sp³-hybridized carbons (Fsp3) is 0.692. The summed E-state index contributed by atoms with van der Waals surface area (Å²) >= 11 is 0.690. The molecular weight excluding hydrogens is 426 g/mol. The van der Waals surface area contributed by atoms with E-state index in [2.05, 4.69) is 5.32 Å². The van der Waals surface area contributed by atoms with E-state index in [1.165, 1.54) is 10.4 Å². The molecule has 0 saturated carbocycles. The number of ether oxygens (including phenoxy) is 2. The summed E-state index contributed by atoms with van der Waals surface area (Å²) in [7, 11) is -4.61. The third kappa shape index (κ3) is 5.36. The second-order valence-electron chi connectivity index (χ2n) is 5.56. The van der Waals surface area contributed by atoms with Gasteiger partial charge in [0.25, 0.3) is 10.0 Å². The van der Waals surface area contributed by atoms with Gasteiger partial charge in [-0.1, -0.05) is 0 Å². The van der Waals surface area contributed by atoms with Gasteiger partial charge in [-0.25, -0.2) is 22.0 Å². The summed E-state index contributed by atoms with van der Waals surface area (Å²) in [4.78, 5) is 0. The van der Waals surface area contributed by atoms with Crippen molar-refractivity contribution in [2.45, 2.75) is 20.9 Å². The van der Waals surface area contributed by atoms with Gasteiger partial charge in [0.15, 0.2) is 0 Å². The van der Waals surface area contributed by atoms with Gasteiger partial charge in [-0.15, -0.1) is 23.7 Å². The van der Waals surface area contributed by atoms with Gasteiger partial charge in [-0.3, -0.25) is 0 Å². The Morgan fingerprint density at radius 1 is 1.35 bits per heavy atom. The normalized spacial score (nSPS) is 19.7. The van der Waals surface area contributed by atoms with Gasteiger partial charge >= 0.3 is 0 Å². The van der Waals surface area contributed by atoms with E-state index in [1.807, 2.05) is 0 Å². The van der Waals surface area contributed by atoms with Crippen LogP contribution in [-0.4, -0.2) is 68.2 Å². The molecule has 0 aliphatic carbocycles. The minimum Gasteiger partial charge on any atom is -0.385 e. The van der Waals surface area contributed by atoms with Gasteiger partial charge in [0.1, 0.15) is 8.42 Å². The van der Waals surface area contributed by atoms with Gasteiger partial charge in [0.05, 0.1) is 6.61 Å². The van der Waals surface area contributed by atoms with Crippen LogP contribution in [0.3, 0.4) is 0 Å². The standard InChI is InChI=1S/C13H23N3O6S3.ClH/c1-21-6-3-5-16-9-11(15-4-7-22-2)10-8-12(24(14,17)18)23-13(10)25(16,19)20;/h8,11,15H,3-7,9H2,1-2H3,(H2,14,17,18);1H/t11-;/m0./s1. The van der Waals surface area contributed by atoms with Gasteiger partial charge in [-0.05, 0) is 12.5 Å². The Bertz CT molecular complexity index is 796. The molecule has 0 fully saturated rings. The molecule has 0 saturated heterocycles.